The van der Waals surface area contributed by atoms with E-state index in [1.54, 1.807) is 13.8 Å². The first-order valence-electron chi connectivity index (χ1n) is 4.45. The molecule has 1 atom stereocenters. The first kappa shape index (κ1) is 11.4. The molecule has 12 heavy (non-hydrogen) atoms. The zero-order valence-corrected chi connectivity index (χ0v) is 8.68. The van der Waals surface area contributed by atoms with E-state index >= 15 is 0 Å². The third-order valence-electron chi connectivity index (χ3n) is 2.86. The third-order valence-corrected chi connectivity index (χ3v) is 2.86. The Morgan fingerprint density at radius 3 is 1.92 bits per heavy atom. The molecule has 0 aliphatic carbocycles. The van der Waals surface area contributed by atoms with Crippen molar-refractivity contribution in [2.24, 2.45) is 11.3 Å². The summed E-state index contributed by atoms with van der Waals surface area (Å²) in [6.07, 6.45) is 0.616. The lowest BCUT2D eigenvalue weighted by Gasteiger charge is -2.40. The van der Waals surface area contributed by atoms with Crippen LogP contribution >= 0.6 is 0 Å². The molecule has 0 aromatic heterocycles. The van der Waals surface area contributed by atoms with Gasteiger partial charge in [0.15, 0.2) is 0 Å². The van der Waals surface area contributed by atoms with Crippen LogP contribution in [0, 0.1) is 22.7 Å². The van der Waals surface area contributed by atoms with Gasteiger partial charge in [-0.2, -0.15) is 5.26 Å². The Morgan fingerprint density at radius 2 is 1.83 bits per heavy atom. The molecular weight excluding hydrogens is 150 g/mol. The maximum Gasteiger partial charge on any atom is 0.0847 e. The topological polar surface area (TPSA) is 44.0 Å². The Kier molecular flexibility index (Phi) is 3.29. The van der Waals surface area contributed by atoms with Gasteiger partial charge in [-0.3, -0.25) is 0 Å². The molecule has 1 unspecified atom stereocenters. The van der Waals surface area contributed by atoms with Crippen molar-refractivity contribution in [2.75, 3.05) is 0 Å². The van der Waals surface area contributed by atoms with E-state index in [4.69, 9.17) is 5.26 Å². The summed E-state index contributed by atoms with van der Waals surface area (Å²) in [4.78, 5) is 0. The van der Waals surface area contributed by atoms with Crippen LogP contribution in [-0.2, 0) is 0 Å². The molecule has 0 saturated heterocycles. The van der Waals surface area contributed by atoms with Gasteiger partial charge in [0.25, 0.3) is 0 Å². The first-order valence-corrected chi connectivity index (χ1v) is 4.45. The van der Waals surface area contributed by atoms with Gasteiger partial charge in [-0.25, -0.2) is 0 Å². The normalized spacial score (nSPS) is 17.2. The van der Waals surface area contributed by atoms with Gasteiger partial charge < -0.3 is 5.11 Å². The van der Waals surface area contributed by atoms with Crippen LogP contribution in [0.25, 0.3) is 0 Å². The second-order valence-electron chi connectivity index (χ2n) is 4.17. The van der Waals surface area contributed by atoms with Gasteiger partial charge in [-0.15, -0.1) is 0 Å². The smallest absolute Gasteiger partial charge is 0.0847 e. The standard InChI is InChI=1S/C10H19NO/c1-6-10(12,8(2)3)9(4,5)7-11/h8,12H,6H2,1-5H3. The number of rotatable bonds is 3. The molecule has 0 spiro atoms. The van der Waals surface area contributed by atoms with Gasteiger partial charge in [0.1, 0.15) is 0 Å². The van der Waals surface area contributed by atoms with Gasteiger partial charge in [-0.05, 0) is 26.2 Å². The number of aliphatic hydroxyl groups is 1. The fourth-order valence-electron chi connectivity index (χ4n) is 1.67. The van der Waals surface area contributed by atoms with Crippen molar-refractivity contribution in [3.8, 4) is 6.07 Å². The zero-order valence-electron chi connectivity index (χ0n) is 8.68. The summed E-state index contributed by atoms with van der Waals surface area (Å²) in [5.74, 6) is 0.108. The fraction of sp³-hybridized carbons (Fsp3) is 0.900. The van der Waals surface area contributed by atoms with Crippen molar-refractivity contribution >= 4 is 0 Å². The predicted octanol–water partition coefficient (Wildman–Crippen LogP) is 2.33. The molecule has 0 aromatic rings. The van der Waals surface area contributed by atoms with Crippen molar-refractivity contribution in [3.05, 3.63) is 0 Å². The minimum absolute atomic E-state index is 0.108. The molecular formula is C10H19NO. The Morgan fingerprint density at radius 1 is 1.42 bits per heavy atom. The summed E-state index contributed by atoms with van der Waals surface area (Å²) in [6, 6.07) is 2.16. The van der Waals surface area contributed by atoms with E-state index in [0.29, 0.717) is 6.42 Å². The van der Waals surface area contributed by atoms with E-state index in [9.17, 15) is 5.11 Å². The molecule has 0 radical (unpaired) electrons. The number of nitriles is 1. The monoisotopic (exact) mass is 169 g/mol. The fourth-order valence-corrected chi connectivity index (χ4v) is 1.67. The highest BCUT2D eigenvalue weighted by Crippen LogP contribution is 2.38. The maximum atomic E-state index is 10.2. The molecule has 0 aromatic carbocycles. The third kappa shape index (κ3) is 1.61. The van der Waals surface area contributed by atoms with E-state index in [0.717, 1.165) is 0 Å². The number of hydrogen-bond acceptors (Lipinski definition) is 2. The molecule has 0 amide bonds. The summed E-state index contributed by atoms with van der Waals surface area (Å²) in [5, 5.41) is 19.1. The molecule has 0 bridgehead atoms. The van der Waals surface area contributed by atoms with Crippen LogP contribution in [0.4, 0.5) is 0 Å². The lowest BCUT2D eigenvalue weighted by molar-refractivity contribution is -0.0801. The van der Waals surface area contributed by atoms with Gasteiger partial charge in [-0.1, -0.05) is 20.8 Å². The van der Waals surface area contributed by atoms with Crippen LogP contribution in [0.1, 0.15) is 41.0 Å². The summed E-state index contributed by atoms with van der Waals surface area (Å²) < 4.78 is 0. The van der Waals surface area contributed by atoms with Crippen LogP contribution in [0.3, 0.4) is 0 Å². The Bertz CT molecular complexity index is 191. The molecule has 0 saturated carbocycles. The Labute approximate surface area is 75.2 Å². The first-order chi connectivity index (χ1) is 5.31. The largest absolute Gasteiger partial charge is 0.388 e. The molecule has 0 aliphatic heterocycles. The van der Waals surface area contributed by atoms with Crippen LogP contribution in [0.15, 0.2) is 0 Å². The second-order valence-corrected chi connectivity index (χ2v) is 4.17. The van der Waals surface area contributed by atoms with Gasteiger partial charge in [0, 0.05) is 0 Å². The van der Waals surface area contributed by atoms with Crippen LogP contribution in [0.2, 0.25) is 0 Å². The highest BCUT2D eigenvalue weighted by Gasteiger charge is 2.44. The van der Waals surface area contributed by atoms with E-state index in [1.807, 2.05) is 20.8 Å². The molecule has 0 fully saturated rings. The van der Waals surface area contributed by atoms with Gasteiger partial charge in [0.05, 0.1) is 17.1 Å². The SMILES string of the molecule is CCC(O)(C(C)C)C(C)(C)C#N. The van der Waals surface area contributed by atoms with Gasteiger partial charge in [0.2, 0.25) is 0 Å². The highest BCUT2D eigenvalue weighted by molar-refractivity contribution is 5.07. The molecule has 70 valence electrons. The van der Waals surface area contributed by atoms with Crippen molar-refractivity contribution in [3.63, 3.8) is 0 Å². The van der Waals surface area contributed by atoms with Crippen LogP contribution in [-0.4, -0.2) is 10.7 Å². The Hall–Kier alpha value is -0.550. The minimum Gasteiger partial charge on any atom is -0.388 e. The van der Waals surface area contributed by atoms with Crippen molar-refractivity contribution in [1.29, 1.82) is 5.26 Å². The highest BCUT2D eigenvalue weighted by atomic mass is 16.3. The molecule has 0 aliphatic rings. The van der Waals surface area contributed by atoms with Crippen molar-refractivity contribution < 1.29 is 5.11 Å². The van der Waals surface area contributed by atoms with E-state index in [1.165, 1.54) is 0 Å². The molecule has 0 heterocycles. The van der Waals surface area contributed by atoms with E-state index in [-0.39, 0.29) is 5.92 Å². The number of hydrogen-bond donors (Lipinski definition) is 1. The zero-order chi connectivity index (χ0) is 9.99. The second kappa shape index (κ2) is 3.45. The average Bonchev–Trinajstić information content (AvgIpc) is 2.02. The van der Waals surface area contributed by atoms with Crippen molar-refractivity contribution in [1.82, 2.24) is 0 Å². The average molecular weight is 169 g/mol. The minimum atomic E-state index is -0.873. The van der Waals surface area contributed by atoms with Gasteiger partial charge >= 0.3 is 0 Å². The predicted molar refractivity (Wildman–Crippen MR) is 49.5 cm³/mol. The summed E-state index contributed by atoms with van der Waals surface area (Å²) in [5.41, 5.74) is -1.54. The lowest BCUT2D eigenvalue weighted by atomic mass is 9.68. The maximum absolute atomic E-state index is 10.2. The molecule has 0 rings (SSSR count). The Balaban J connectivity index is 4.90. The number of nitrogens with zero attached hydrogens (tertiary/aromatic N) is 1. The molecule has 2 heteroatoms. The summed E-state index contributed by atoms with van der Waals surface area (Å²) in [7, 11) is 0. The van der Waals surface area contributed by atoms with Crippen LogP contribution in [0.5, 0.6) is 0 Å². The molecule has 1 N–H and O–H groups in total. The summed E-state index contributed by atoms with van der Waals surface area (Å²) >= 11 is 0. The van der Waals surface area contributed by atoms with E-state index in [2.05, 4.69) is 6.07 Å². The van der Waals surface area contributed by atoms with Crippen LogP contribution < -0.4 is 0 Å². The van der Waals surface area contributed by atoms with E-state index < -0.39 is 11.0 Å². The lowest BCUT2D eigenvalue weighted by Crippen LogP contribution is -2.47. The van der Waals surface area contributed by atoms with Crippen molar-refractivity contribution in [2.45, 2.75) is 46.6 Å². The summed E-state index contributed by atoms with van der Waals surface area (Å²) in [6.45, 7) is 9.39. The quantitative estimate of drug-likeness (QED) is 0.704. The molecule has 2 nitrogen and oxygen atoms in total.